The second-order valence-corrected chi connectivity index (χ2v) is 6.13. The molecule has 0 saturated heterocycles. The molecule has 2 aromatic rings. The van der Waals surface area contributed by atoms with Gasteiger partial charge in [0.15, 0.2) is 0 Å². The van der Waals surface area contributed by atoms with Crippen LogP contribution in [0.25, 0.3) is 0 Å². The van der Waals surface area contributed by atoms with Crippen molar-refractivity contribution in [2.45, 2.75) is 13.1 Å². The molecule has 0 aliphatic heterocycles. The van der Waals surface area contributed by atoms with Crippen LogP contribution in [0.5, 0.6) is 0 Å². The summed E-state index contributed by atoms with van der Waals surface area (Å²) in [6.45, 7) is 1.04. The minimum atomic E-state index is -0.333. The third-order valence-corrected chi connectivity index (χ3v) is 4.10. The van der Waals surface area contributed by atoms with Crippen molar-refractivity contribution in [2.75, 3.05) is 7.05 Å². The largest absolute Gasteiger partial charge is 0.330 e. The lowest BCUT2D eigenvalue weighted by Gasteiger charge is -2.19. The number of rotatable bonds is 4. The highest BCUT2D eigenvalue weighted by Gasteiger charge is 2.10. The molecule has 0 aliphatic carbocycles. The molecule has 0 atom stereocenters. The molecule has 1 heterocycles. The predicted molar refractivity (Wildman–Crippen MR) is 88.6 cm³/mol. The van der Waals surface area contributed by atoms with E-state index in [1.54, 1.807) is 19.2 Å². The van der Waals surface area contributed by atoms with Gasteiger partial charge in [-0.3, -0.25) is 18.8 Å². The van der Waals surface area contributed by atoms with Crippen LogP contribution in [0, 0.1) is 0 Å². The molecule has 0 spiro atoms. The van der Waals surface area contributed by atoms with E-state index in [0.29, 0.717) is 28.8 Å². The summed E-state index contributed by atoms with van der Waals surface area (Å²) in [4.78, 5) is 25.6. The highest BCUT2D eigenvalue weighted by atomic mass is 35.5. The normalized spacial score (nSPS) is 11.2. The summed E-state index contributed by atoms with van der Waals surface area (Å²) in [5, 5.41) is 1.18. The Morgan fingerprint density at radius 2 is 1.73 bits per heavy atom. The van der Waals surface area contributed by atoms with Crippen molar-refractivity contribution in [2.24, 2.45) is 14.1 Å². The van der Waals surface area contributed by atoms with Gasteiger partial charge in [0.1, 0.15) is 0 Å². The number of halogens is 2. The maximum Gasteiger partial charge on any atom is 0.330 e. The lowest BCUT2D eigenvalue weighted by Crippen LogP contribution is -2.39. The Balaban J connectivity index is 2.21. The monoisotopic (exact) mass is 341 g/mol. The fourth-order valence-corrected chi connectivity index (χ4v) is 2.67. The summed E-state index contributed by atoms with van der Waals surface area (Å²) in [7, 11) is 5.01. The van der Waals surface area contributed by atoms with Crippen molar-refractivity contribution >= 4 is 23.2 Å². The van der Waals surface area contributed by atoms with Crippen molar-refractivity contribution in [3.8, 4) is 0 Å². The zero-order chi connectivity index (χ0) is 16.4. The van der Waals surface area contributed by atoms with E-state index < -0.39 is 0 Å². The number of hydrogen-bond acceptors (Lipinski definition) is 3. The van der Waals surface area contributed by atoms with Crippen molar-refractivity contribution < 1.29 is 0 Å². The maximum atomic E-state index is 11.9. The molecule has 5 nitrogen and oxygen atoms in total. The Labute approximate surface area is 138 Å². The summed E-state index contributed by atoms with van der Waals surface area (Å²) in [5.74, 6) is 0. The molecule has 1 aromatic carbocycles. The average molecular weight is 342 g/mol. The van der Waals surface area contributed by atoms with Crippen LogP contribution >= 0.6 is 23.2 Å². The molecule has 0 radical (unpaired) electrons. The van der Waals surface area contributed by atoms with Crippen LogP contribution in [0.1, 0.15) is 11.3 Å². The van der Waals surface area contributed by atoms with Crippen LogP contribution in [0.3, 0.4) is 0 Å². The standard InChI is InChI=1S/C15H17Cl2N3O2/c1-18(8-10-4-5-11(16)6-13(10)17)9-12-7-14(21)20(3)15(22)19(12)2/h4-7H,8-9H2,1-3H3. The molecular formula is C15H17Cl2N3O2. The van der Waals surface area contributed by atoms with E-state index in [1.165, 1.54) is 17.7 Å². The van der Waals surface area contributed by atoms with Gasteiger partial charge in [0.2, 0.25) is 0 Å². The molecule has 0 fully saturated rings. The quantitative estimate of drug-likeness (QED) is 0.854. The van der Waals surface area contributed by atoms with Gasteiger partial charge in [0.25, 0.3) is 5.56 Å². The third-order valence-electron chi connectivity index (χ3n) is 3.51. The number of hydrogen-bond donors (Lipinski definition) is 0. The lowest BCUT2D eigenvalue weighted by atomic mass is 10.2. The molecular weight excluding hydrogens is 325 g/mol. The molecule has 0 unspecified atom stereocenters. The number of aromatic nitrogens is 2. The van der Waals surface area contributed by atoms with Crippen molar-refractivity contribution in [3.63, 3.8) is 0 Å². The van der Waals surface area contributed by atoms with Crippen molar-refractivity contribution in [3.05, 3.63) is 66.4 Å². The Morgan fingerprint density at radius 3 is 2.36 bits per heavy atom. The minimum Gasteiger partial charge on any atom is -0.299 e. The van der Waals surface area contributed by atoms with E-state index in [4.69, 9.17) is 23.2 Å². The highest BCUT2D eigenvalue weighted by molar-refractivity contribution is 6.35. The highest BCUT2D eigenvalue weighted by Crippen LogP contribution is 2.22. The minimum absolute atomic E-state index is 0.309. The molecule has 1 aromatic heterocycles. The van der Waals surface area contributed by atoms with E-state index in [0.717, 1.165) is 10.1 Å². The summed E-state index contributed by atoms with van der Waals surface area (Å²) in [6.07, 6.45) is 0. The van der Waals surface area contributed by atoms with E-state index in [-0.39, 0.29) is 11.2 Å². The summed E-state index contributed by atoms with van der Waals surface area (Å²) in [5.41, 5.74) is 0.944. The first-order valence-corrected chi connectivity index (χ1v) is 7.43. The second kappa shape index (κ2) is 6.69. The smallest absolute Gasteiger partial charge is 0.299 e. The zero-order valence-corrected chi connectivity index (χ0v) is 14.1. The number of nitrogens with zero attached hydrogens (tertiary/aromatic N) is 3. The Morgan fingerprint density at radius 1 is 1.05 bits per heavy atom. The van der Waals surface area contributed by atoms with Gasteiger partial charge in [-0.05, 0) is 24.7 Å². The van der Waals surface area contributed by atoms with Crippen LogP contribution in [-0.4, -0.2) is 21.1 Å². The van der Waals surface area contributed by atoms with Crippen LogP contribution < -0.4 is 11.2 Å². The predicted octanol–water partition coefficient (Wildman–Crippen LogP) is 2.02. The van der Waals surface area contributed by atoms with Crippen LogP contribution in [0.2, 0.25) is 10.0 Å². The summed E-state index contributed by atoms with van der Waals surface area (Å²) in [6, 6.07) is 6.82. The molecule has 2 rings (SSSR count). The van der Waals surface area contributed by atoms with Gasteiger partial charge in [0, 0.05) is 49.0 Å². The van der Waals surface area contributed by atoms with E-state index in [9.17, 15) is 9.59 Å². The van der Waals surface area contributed by atoms with Gasteiger partial charge in [-0.25, -0.2) is 4.79 Å². The molecule has 0 aliphatic rings. The Kier molecular flexibility index (Phi) is 5.11. The van der Waals surface area contributed by atoms with E-state index in [1.807, 2.05) is 18.0 Å². The average Bonchev–Trinajstić information content (AvgIpc) is 2.45. The SMILES string of the molecule is CN(Cc1ccc(Cl)cc1Cl)Cc1cc(=O)n(C)c(=O)n1C. The van der Waals surface area contributed by atoms with Gasteiger partial charge >= 0.3 is 5.69 Å². The second-order valence-electron chi connectivity index (χ2n) is 5.28. The van der Waals surface area contributed by atoms with E-state index >= 15 is 0 Å². The molecule has 0 saturated carbocycles. The fourth-order valence-electron chi connectivity index (χ4n) is 2.20. The van der Waals surface area contributed by atoms with Crippen molar-refractivity contribution in [1.29, 1.82) is 0 Å². The van der Waals surface area contributed by atoms with E-state index in [2.05, 4.69) is 0 Å². The first-order chi connectivity index (χ1) is 10.3. The Hall–Kier alpha value is -1.56. The fraction of sp³-hybridized carbons (Fsp3) is 0.333. The topological polar surface area (TPSA) is 47.2 Å². The molecule has 22 heavy (non-hydrogen) atoms. The van der Waals surface area contributed by atoms with Gasteiger partial charge in [-0.2, -0.15) is 0 Å². The maximum absolute atomic E-state index is 11.9. The molecule has 0 bridgehead atoms. The summed E-state index contributed by atoms with van der Waals surface area (Å²) < 4.78 is 2.56. The molecule has 0 N–H and O–H groups in total. The molecule has 0 amide bonds. The van der Waals surface area contributed by atoms with Crippen LogP contribution in [-0.2, 0) is 27.2 Å². The van der Waals surface area contributed by atoms with Crippen LogP contribution in [0.15, 0.2) is 33.9 Å². The molecule has 118 valence electrons. The van der Waals surface area contributed by atoms with Crippen molar-refractivity contribution in [1.82, 2.24) is 14.0 Å². The lowest BCUT2D eigenvalue weighted by molar-refractivity contribution is 0.308. The first-order valence-electron chi connectivity index (χ1n) is 6.68. The van der Waals surface area contributed by atoms with Gasteiger partial charge in [-0.15, -0.1) is 0 Å². The third kappa shape index (κ3) is 3.61. The van der Waals surface area contributed by atoms with Crippen LogP contribution in [0.4, 0.5) is 0 Å². The molecule has 7 heteroatoms. The van der Waals surface area contributed by atoms with Gasteiger partial charge < -0.3 is 0 Å². The van der Waals surface area contributed by atoms with Gasteiger partial charge in [-0.1, -0.05) is 29.3 Å². The number of benzene rings is 1. The first kappa shape index (κ1) is 16.8. The Bertz CT molecular complexity index is 811. The zero-order valence-electron chi connectivity index (χ0n) is 12.6. The van der Waals surface area contributed by atoms with Gasteiger partial charge in [0.05, 0.1) is 0 Å². The summed E-state index contributed by atoms with van der Waals surface area (Å²) >= 11 is 12.0.